The average molecular weight is 398 g/mol. The van der Waals surface area contributed by atoms with Crippen molar-refractivity contribution in [1.29, 1.82) is 0 Å². The number of amides is 2. The summed E-state index contributed by atoms with van der Waals surface area (Å²) in [5.41, 5.74) is 8.50. The lowest BCUT2D eigenvalue weighted by molar-refractivity contribution is -0.121. The summed E-state index contributed by atoms with van der Waals surface area (Å²) >= 11 is 0. The number of hydrazone groups is 2. The number of carbonyl (C=O) groups excluding carboxylic acids is 2. The van der Waals surface area contributed by atoms with E-state index in [4.69, 9.17) is 0 Å². The summed E-state index contributed by atoms with van der Waals surface area (Å²) in [5, 5.41) is 7.99. The van der Waals surface area contributed by atoms with E-state index in [1.807, 2.05) is 84.9 Å². The van der Waals surface area contributed by atoms with E-state index < -0.39 is 0 Å². The number of benzene rings is 3. The van der Waals surface area contributed by atoms with Crippen LogP contribution >= 0.6 is 0 Å². The zero-order valence-electron chi connectivity index (χ0n) is 16.4. The molecule has 0 saturated heterocycles. The number of rotatable bonds is 8. The Bertz CT molecular complexity index is 951. The minimum absolute atomic E-state index is 0.184. The lowest BCUT2D eigenvalue weighted by Gasteiger charge is -2.01. The molecular formula is C24H22N4O2. The molecule has 6 heteroatoms. The summed E-state index contributed by atoms with van der Waals surface area (Å²) < 4.78 is 0. The highest BCUT2D eigenvalue weighted by molar-refractivity contribution is 5.88. The van der Waals surface area contributed by atoms with Crippen LogP contribution in [-0.4, -0.2) is 24.2 Å². The molecule has 3 aromatic rings. The molecule has 0 aromatic heterocycles. The van der Waals surface area contributed by atoms with Crippen molar-refractivity contribution >= 4 is 24.2 Å². The molecule has 0 saturated carbocycles. The van der Waals surface area contributed by atoms with Crippen molar-refractivity contribution < 1.29 is 9.59 Å². The molecule has 0 unspecified atom stereocenters. The topological polar surface area (TPSA) is 82.9 Å². The van der Waals surface area contributed by atoms with E-state index in [1.165, 1.54) is 0 Å². The summed E-state index contributed by atoms with van der Waals surface area (Å²) in [6.45, 7) is 0. The first-order chi connectivity index (χ1) is 14.7. The maximum absolute atomic E-state index is 11.9. The second-order valence-corrected chi connectivity index (χ2v) is 6.58. The van der Waals surface area contributed by atoms with Gasteiger partial charge in [-0.05, 0) is 28.3 Å². The van der Waals surface area contributed by atoms with Gasteiger partial charge in [0.15, 0.2) is 0 Å². The van der Waals surface area contributed by atoms with Gasteiger partial charge in [-0.1, -0.05) is 78.9 Å². The van der Waals surface area contributed by atoms with Gasteiger partial charge in [-0.15, -0.1) is 0 Å². The Balaban J connectivity index is 1.47. The molecule has 3 aromatic carbocycles. The van der Waals surface area contributed by atoms with E-state index in [0.29, 0.717) is 0 Å². The molecule has 0 bridgehead atoms. The monoisotopic (exact) mass is 398 g/mol. The highest BCUT2D eigenvalue weighted by Gasteiger charge is 2.02. The first-order valence-corrected chi connectivity index (χ1v) is 9.51. The summed E-state index contributed by atoms with van der Waals surface area (Å²) in [6.07, 6.45) is 3.67. The molecule has 0 aliphatic heterocycles. The standard InChI is InChI=1S/C24H22N4O2/c29-23(15-19-8-3-1-4-9-19)27-25-17-21-12-7-13-22(14-21)18-26-28-24(30)16-20-10-5-2-6-11-20/h1-14,17-18H,15-16H2,(H,27,29)(H,28,30)/b25-17-,26-18-. The van der Waals surface area contributed by atoms with Gasteiger partial charge in [0.05, 0.1) is 25.3 Å². The maximum atomic E-state index is 11.9. The molecule has 2 N–H and O–H groups in total. The van der Waals surface area contributed by atoms with Crippen molar-refractivity contribution in [2.75, 3.05) is 0 Å². The van der Waals surface area contributed by atoms with Gasteiger partial charge in [-0.25, -0.2) is 10.9 Å². The Hall–Kier alpha value is -4.06. The van der Waals surface area contributed by atoms with Gasteiger partial charge in [-0.2, -0.15) is 10.2 Å². The van der Waals surface area contributed by atoms with Crippen LogP contribution in [-0.2, 0) is 22.4 Å². The van der Waals surface area contributed by atoms with Crippen molar-refractivity contribution in [3.63, 3.8) is 0 Å². The third-order valence-electron chi connectivity index (χ3n) is 4.13. The number of nitrogens with zero attached hydrogens (tertiary/aromatic N) is 2. The molecule has 0 atom stereocenters. The fourth-order valence-electron chi connectivity index (χ4n) is 2.72. The van der Waals surface area contributed by atoms with Crippen LogP contribution in [0.3, 0.4) is 0 Å². The van der Waals surface area contributed by atoms with Crippen molar-refractivity contribution in [3.8, 4) is 0 Å². The lowest BCUT2D eigenvalue weighted by atomic mass is 10.1. The van der Waals surface area contributed by atoms with Crippen LogP contribution in [0.5, 0.6) is 0 Å². The van der Waals surface area contributed by atoms with Crippen molar-refractivity contribution in [2.45, 2.75) is 12.8 Å². The number of carbonyl (C=O) groups is 2. The zero-order chi connectivity index (χ0) is 21.0. The first-order valence-electron chi connectivity index (χ1n) is 9.51. The molecule has 0 radical (unpaired) electrons. The number of hydrogen-bond acceptors (Lipinski definition) is 4. The highest BCUT2D eigenvalue weighted by Crippen LogP contribution is 2.02. The van der Waals surface area contributed by atoms with Crippen molar-refractivity contribution in [2.24, 2.45) is 10.2 Å². The number of hydrogen-bond donors (Lipinski definition) is 2. The number of nitrogens with one attached hydrogen (secondary N) is 2. The fourth-order valence-corrected chi connectivity index (χ4v) is 2.72. The minimum Gasteiger partial charge on any atom is -0.273 e. The van der Waals surface area contributed by atoms with E-state index >= 15 is 0 Å². The smallest absolute Gasteiger partial charge is 0.244 e. The van der Waals surface area contributed by atoms with Crippen LogP contribution < -0.4 is 10.9 Å². The summed E-state index contributed by atoms with van der Waals surface area (Å²) in [4.78, 5) is 23.8. The highest BCUT2D eigenvalue weighted by atomic mass is 16.2. The Kier molecular flexibility index (Phi) is 7.62. The van der Waals surface area contributed by atoms with Gasteiger partial charge in [0.2, 0.25) is 11.8 Å². The molecule has 3 rings (SSSR count). The quantitative estimate of drug-likeness (QED) is 0.452. The van der Waals surface area contributed by atoms with E-state index in [2.05, 4.69) is 21.1 Å². The minimum atomic E-state index is -0.184. The normalized spacial score (nSPS) is 10.9. The van der Waals surface area contributed by atoms with Gasteiger partial charge in [0.1, 0.15) is 0 Å². The molecular weight excluding hydrogens is 376 g/mol. The summed E-state index contributed by atoms with van der Waals surface area (Å²) in [5.74, 6) is -0.368. The molecule has 0 aliphatic carbocycles. The van der Waals surface area contributed by atoms with E-state index in [0.717, 1.165) is 22.3 Å². The Morgan fingerprint density at radius 3 is 1.50 bits per heavy atom. The van der Waals surface area contributed by atoms with Crippen LogP contribution in [0.1, 0.15) is 22.3 Å². The van der Waals surface area contributed by atoms with Gasteiger partial charge in [0.25, 0.3) is 0 Å². The van der Waals surface area contributed by atoms with Gasteiger partial charge >= 0.3 is 0 Å². The predicted molar refractivity (Wildman–Crippen MR) is 118 cm³/mol. The second-order valence-electron chi connectivity index (χ2n) is 6.58. The van der Waals surface area contributed by atoms with E-state index in [9.17, 15) is 9.59 Å². The average Bonchev–Trinajstić information content (AvgIpc) is 2.75. The van der Waals surface area contributed by atoms with Crippen LogP contribution in [0.4, 0.5) is 0 Å². The van der Waals surface area contributed by atoms with E-state index in [1.54, 1.807) is 12.4 Å². The molecule has 0 fully saturated rings. The fraction of sp³-hybridized carbons (Fsp3) is 0.0833. The summed E-state index contributed by atoms with van der Waals surface area (Å²) in [7, 11) is 0. The molecule has 0 aliphatic rings. The molecule has 30 heavy (non-hydrogen) atoms. The van der Waals surface area contributed by atoms with Gasteiger partial charge < -0.3 is 0 Å². The Morgan fingerprint density at radius 2 is 1.07 bits per heavy atom. The largest absolute Gasteiger partial charge is 0.273 e. The SMILES string of the molecule is O=C(Cc1ccccc1)N/N=C\c1cccc(/C=N\NC(=O)Cc2ccccc2)c1. The zero-order valence-corrected chi connectivity index (χ0v) is 16.4. The lowest BCUT2D eigenvalue weighted by Crippen LogP contribution is -2.19. The third-order valence-corrected chi connectivity index (χ3v) is 4.13. The molecule has 0 heterocycles. The van der Waals surface area contributed by atoms with Gasteiger partial charge in [-0.3, -0.25) is 9.59 Å². The van der Waals surface area contributed by atoms with Crippen LogP contribution in [0.25, 0.3) is 0 Å². The van der Waals surface area contributed by atoms with E-state index in [-0.39, 0.29) is 24.7 Å². The van der Waals surface area contributed by atoms with Crippen molar-refractivity contribution in [1.82, 2.24) is 10.9 Å². The summed E-state index contributed by atoms with van der Waals surface area (Å²) in [6, 6.07) is 26.4. The molecule has 6 nitrogen and oxygen atoms in total. The third kappa shape index (κ3) is 7.16. The van der Waals surface area contributed by atoms with Crippen LogP contribution in [0.15, 0.2) is 95.1 Å². The van der Waals surface area contributed by atoms with Crippen molar-refractivity contribution in [3.05, 3.63) is 107 Å². The molecule has 150 valence electrons. The van der Waals surface area contributed by atoms with Crippen LogP contribution in [0, 0.1) is 0 Å². The second kappa shape index (κ2) is 11.1. The Morgan fingerprint density at radius 1 is 0.633 bits per heavy atom. The Labute approximate surface area is 175 Å². The van der Waals surface area contributed by atoms with Crippen LogP contribution in [0.2, 0.25) is 0 Å². The van der Waals surface area contributed by atoms with Gasteiger partial charge in [0, 0.05) is 0 Å². The molecule has 2 amide bonds. The maximum Gasteiger partial charge on any atom is 0.244 e. The predicted octanol–water partition coefficient (Wildman–Crippen LogP) is 3.07. The first kappa shape index (κ1) is 20.7. The molecule has 0 spiro atoms.